The largest absolute Gasteiger partial charge is 0.313 e. The molecule has 0 spiro atoms. The van der Waals surface area contributed by atoms with E-state index >= 15 is 0 Å². The van der Waals surface area contributed by atoms with Crippen molar-refractivity contribution in [1.82, 2.24) is 10.2 Å². The number of hydrogen-bond donors (Lipinski definition) is 1. The fourth-order valence-corrected chi connectivity index (χ4v) is 2.12. The van der Waals surface area contributed by atoms with Crippen molar-refractivity contribution in [2.24, 2.45) is 0 Å². The highest BCUT2D eigenvalue weighted by atomic mass is 15.1. The highest BCUT2D eigenvalue weighted by Gasteiger charge is 2.02. The summed E-state index contributed by atoms with van der Waals surface area (Å²) >= 11 is 0. The van der Waals surface area contributed by atoms with Gasteiger partial charge in [-0.2, -0.15) is 0 Å². The summed E-state index contributed by atoms with van der Waals surface area (Å²) in [7, 11) is 2.20. The molecule has 1 N–H and O–H groups in total. The second-order valence-corrected chi connectivity index (χ2v) is 6.35. The standard InChI is InChI=1S/C18H32N2/c1-15(2)18-10-8-17(9-11-18)14-19-12-6-7-13-20(5)16(3)4/h8-11,15-16,19H,6-7,12-14H2,1-5H3. The molecule has 1 aromatic rings. The third-order valence-corrected chi connectivity index (χ3v) is 3.97. The van der Waals surface area contributed by atoms with E-state index in [-0.39, 0.29) is 0 Å². The molecule has 0 unspecified atom stereocenters. The Morgan fingerprint density at radius 2 is 1.65 bits per heavy atom. The first-order chi connectivity index (χ1) is 9.50. The summed E-state index contributed by atoms with van der Waals surface area (Å²) in [6, 6.07) is 9.64. The zero-order chi connectivity index (χ0) is 15.0. The Bertz CT molecular complexity index is 354. The average molecular weight is 276 g/mol. The monoisotopic (exact) mass is 276 g/mol. The molecule has 0 aliphatic carbocycles. The van der Waals surface area contributed by atoms with Gasteiger partial charge >= 0.3 is 0 Å². The van der Waals surface area contributed by atoms with Crippen molar-refractivity contribution in [2.75, 3.05) is 20.1 Å². The van der Waals surface area contributed by atoms with Crippen LogP contribution in [0.1, 0.15) is 57.6 Å². The number of hydrogen-bond acceptors (Lipinski definition) is 2. The van der Waals surface area contributed by atoms with Crippen LogP contribution >= 0.6 is 0 Å². The second-order valence-electron chi connectivity index (χ2n) is 6.35. The molecule has 0 saturated heterocycles. The summed E-state index contributed by atoms with van der Waals surface area (Å²) in [5, 5.41) is 3.53. The lowest BCUT2D eigenvalue weighted by atomic mass is 10.0. The number of unbranched alkanes of at least 4 members (excludes halogenated alkanes) is 1. The summed E-state index contributed by atoms with van der Waals surface area (Å²) in [4.78, 5) is 2.41. The summed E-state index contributed by atoms with van der Waals surface area (Å²) in [5.41, 5.74) is 2.80. The first-order valence-electron chi connectivity index (χ1n) is 8.00. The van der Waals surface area contributed by atoms with Crippen molar-refractivity contribution < 1.29 is 0 Å². The SMILES string of the molecule is CC(C)c1ccc(CNCCCCN(C)C(C)C)cc1. The smallest absolute Gasteiger partial charge is 0.0205 e. The lowest BCUT2D eigenvalue weighted by molar-refractivity contribution is 0.268. The molecule has 0 aliphatic heterocycles. The molecule has 0 aromatic heterocycles. The van der Waals surface area contributed by atoms with Gasteiger partial charge in [0.15, 0.2) is 0 Å². The van der Waals surface area contributed by atoms with Gasteiger partial charge in [-0.25, -0.2) is 0 Å². The Hall–Kier alpha value is -0.860. The molecule has 0 fully saturated rings. The maximum absolute atomic E-state index is 3.53. The highest BCUT2D eigenvalue weighted by molar-refractivity contribution is 5.24. The summed E-state index contributed by atoms with van der Waals surface area (Å²) in [6.45, 7) is 12.3. The molecular formula is C18H32N2. The minimum atomic E-state index is 0.620. The molecule has 114 valence electrons. The first kappa shape index (κ1) is 17.2. The summed E-state index contributed by atoms with van der Waals surface area (Å²) < 4.78 is 0. The molecule has 0 heterocycles. The zero-order valence-corrected chi connectivity index (χ0v) is 13.9. The van der Waals surface area contributed by atoms with E-state index in [9.17, 15) is 0 Å². The maximum Gasteiger partial charge on any atom is 0.0205 e. The van der Waals surface area contributed by atoms with E-state index in [1.807, 2.05) is 0 Å². The van der Waals surface area contributed by atoms with Crippen LogP contribution in [0.5, 0.6) is 0 Å². The lowest BCUT2D eigenvalue weighted by Crippen LogP contribution is -2.27. The van der Waals surface area contributed by atoms with Crippen molar-refractivity contribution in [3.05, 3.63) is 35.4 Å². The molecule has 0 aliphatic rings. The van der Waals surface area contributed by atoms with Crippen LogP contribution in [0.3, 0.4) is 0 Å². The summed E-state index contributed by atoms with van der Waals surface area (Å²) in [6.07, 6.45) is 2.52. The van der Waals surface area contributed by atoms with Crippen LogP contribution in [0.4, 0.5) is 0 Å². The van der Waals surface area contributed by atoms with E-state index < -0.39 is 0 Å². The van der Waals surface area contributed by atoms with E-state index in [1.54, 1.807) is 0 Å². The van der Waals surface area contributed by atoms with Crippen molar-refractivity contribution in [1.29, 1.82) is 0 Å². The molecule has 0 bridgehead atoms. The third-order valence-electron chi connectivity index (χ3n) is 3.97. The van der Waals surface area contributed by atoms with E-state index in [1.165, 1.54) is 30.5 Å². The molecule has 1 rings (SSSR count). The van der Waals surface area contributed by atoms with Crippen LogP contribution < -0.4 is 5.32 Å². The molecule has 0 amide bonds. The molecule has 0 saturated carbocycles. The van der Waals surface area contributed by atoms with Crippen LogP contribution in [0, 0.1) is 0 Å². The van der Waals surface area contributed by atoms with Gasteiger partial charge in [0.25, 0.3) is 0 Å². The van der Waals surface area contributed by atoms with Crippen LogP contribution in [0.15, 0.2) is 24.3 Å². The highest BCUT2D eigenvalue weighted by Crippen LogP contribution is 2.14. The first-order valence-corrected chi connectivity index (χ1v) is 8.00. The zero-order valence-electron chi connectivity index (χ0n) is 13.9. The molecule has 20 heavy (non-hydrogen) atoms. The van der Waals surface area contributed by atoms with Gasteiger partial charge in [-0.15, -0.1) is 0 Å². The predicted molar refractivity (Wildman–Crippen MR) is 89.2 cm³/mol. The Morgan fingerprint density at radius 3 is 2.20 bits per heavy atom. The van der Waals surface area contributed by atoms with Crippen LogP contribution in [0.2, 0.25) is 0 Å². The lowest BCUT2D eigenvalue weighted by Gasteiger charge is -2.20. The van der Waals surface area contributed by atoms with Crippen molar-refractivity contribution in [3.63, 3.8) is 0 Å². The number of benzene rings is 1. The van der Waals surface area contributed by atoms with Gasteiger partial charge in [0.2, 0.25) is 0 Å². The molecule has 0 radical (unpaired) electrons. The van der Waals surface area contributed by atoms with Gasteiger partial charge in [0.1, 0.15) is 0 Å². The van der Waals surface area contributed by atoms with Gasteiger partial charge in [-0.05, 0) is 63.9 Å². The number of nitrogens with zero attached hydrogens (tertiary/aromatic N) is 1. The Balaban J connectivity index is 2.12. The topological polar surface area (TPSA) is 15.3 Å². The van der Waals surface area contributed by atoms with Crippen molar-refractivity contribution >= 4 is 0 Å². The fourth-order valence-electron chi connectivity index (χ4n) is 2.12. The van der Waals surface area contributed by atoms with E-state index in [2.05, 4.69) is 69.2 Å². The van der Waals surface area contributed by atoms with Gasteiger partial charge in [-0.1, -0.05) is 38.1 Å². The second kappa shape index (κ2) is 9.15. The van der Waals surface area contributed by atoms with E-state index in [0.717, 1.165) is 13.1 Å². The quantitative estimate of drug-likeness (QED) is 0.685. The van der Waals surface area contributed by atoms with Gasteiger partial charge in [-0.3, -0.25) is 0 Å². The Labute approximate surface area is 125 Å². The maximum atomic E-state index is 3.53. The van der Waals surface area contributed by atoms with Crippen molar-refractivity contribution in [2.45, 2.75) is 59.0 Å². The van der Waals surface area contributed by atoms with Gasteiger partial charge < -0.3 is 10.2 Å². The van der Waals surface area contributed by atoms with Crippen LogP contribution in [0.25, 0.3) is 0 Å². The molecular weight excluding hydrogens is 244 g/mol. The molecule has 2 nitrogen and oxygen atoms in total. The number of rotatable bonds is 9. The van der Waals surface area contributed by atoms with Crippen LogP contribution in [-0.4, -0.2) is 31.1 Å². The predicted octanol–water partition coefficient (Wildman–Crippen LogP) is 4.02. The van der Waals surface area contributed by atoms with E-state index in [0.29, 0.717) is 12.0 Å². The number of nitrogens with one attached hydrogen (secondary N) is 1. The molecule has 2 heteroatoms. The van der Waals surface area contributed by atoms with Crippen molar-refractivity contribution in [3.8, 4) is 0 Å². The fraction of sp³-hybridized carbons (Fsp3) is 0.667. The molecule has 0 atom stereocenters. The Kier molecular flexibility index (Phi) is 7.86. The van der Waals surface area contributed by atoms with E-state index in [4.69, 9.17) is 0 Å². The minimum Gasteiger partial charge on any atom is -0.313 e. The van der Waals surface area contributed by atoms with Gasteiger partial charge in [0.05, 0.1) is 0 Å². The average Bonchev–Trinajstić information content (AvgIpc) is 2.42. The normalized spacial score (nSPS) is 11.8. The van der Waals surface area contributed by atoms with Gasteiger partial charge in [0, 0.05) is 12.6 Å². The minimum absolute atomic E-state index is 0.620. The third kappa shape index (κ3) is 6.53. The summed E-state index contributed by atoms with van der Waals surface area (Å²) in [5.74, 6) is 0.620. The molecule has 1 aromatic carbocycles. The van der Waals surface area contributed by atoms with Crippen LogP contribution in [-0.2, 0) is 6.54 Å². The Morgan fingerprint density at radius 1 is 1.00 bits per heavy atom.